The molecule has 2 aromatic carbocycles. The Morgan fingerprint density at radius 1 is 1.05 bits per heavy atom. The topological polar surface area (TPSA) is 32.3 Å². The van der Waals surface area contributed by atoms with E-state index in [9.17, 15) is 5.11 Å². The van der Waals surface area contributed by atoms with E-state index in [-0.39, 0.29) is 0 Å². The summed E-state index contributed by atoms with van der Waals surface area (Å²) in [5.74, 6) is 0. The molecule has 0 aliphatic carbocycles. The Kier molecular flexibility index (Phi) is 6.88. The second-order valence-corrected chi connectivity index (χ2v) is 5.40. The van der Waals surface area contributed by atoms with E-state index in [2.05, 4.69) is 18.3 Å². The number of hydrogen-bond donors (Lipinski definition) is 2. The highest BCUT2D eigenvalue weighted by atomic mass is 16.3. The Hall–Kier alpha value is -1.90. The van der Waals surface area contributed by atoms with E-state index in [0.29, 0.717) is 0 Å². The van der Waals surface area contributed by atoms with E-state index in [1.807, 2.05) is 60.7 Å². The monoisotopic (exact) mass is 295 g/mol. The quantitative estimate of drug-likeness (QED) is 0.716. The van der Waals surface area contributed by atoms with Crippen LogP contribution in [0.4, 0.5) is 0 Å². The first-order valence-corrected chi connectivity index (χ1v) is 8.02. The summed E-state index contributed by atoms with van der Waals surface area (Å²) in [5, 5.41) is 14.1. The molecular formula is C20H25NO. The fourth-order valence-electron chi connectivity index (χ4n) is 2.42. The lowest BCUT2D eigenvalue weighted by atomic mass is 9.95. The Labute approximate surface area is 133 Å². The third-order valence-electron chi connectivity index (χ3n) is 3.69. The van der Waals surface area contributed by atoms with Gasteiger partial charge in [0.05, 0.1) is 0 Å². The smallest absolute Gasteiger partial charge is 0.104 e. The van der Waals surface area contributed by atoms with E-state index < -0.39 is 6.10 Å². The highest BCUT2D eigenvalue weighted by Crippen LogP contribution is 2.29. The first-order chi connectivity index (χ1) is 10.8. The molecule has 2 heteroatoms. The molecule has 0 bridgehead atoms. The number of rotatable bonds is 8. The van der Waals surface area contributed by atoms with Gasteiger partial charge < -0.3 is 10.4 Å². The van der Waals surface area contributed by atoms with Crippen molar-refractivity contribution in [2.75, 3.05) is 13.1 Å². The minimum atomic E-state index is -0.600. The number of hydrogen-bond acceptors (Lipinski definition) is 2. The number of aliphatic hydroxyl groups is 1. The van der Waals surface area contributed by atoms with E-state index >= 15 is 0 Å². The van der Waals surface area contributed by atoms with Crippen molar-refractivity contribution in [3.63, 3.8) is 0 Å². The average Bonchev–Trinajstić information content (AvgIpc) is 2.59. The highest BCUT2D eigenvalue weighted by molar-refractivity contribution is 5.70. The van der Waals surface area contributed by atoms with Crippen LogP contribution in [0.1, 0.15) is 37.0 Å². The third-order valence-corrected chi connectivity index (χ3v) is 3.69. The van der Waals surface area contributed by atoms with Crippen LogP contribution in [0, 0.1) is 0 Å². The molecule has 0 amide bonds. The molecule has 0 spiro atoms. The van der Waals surface area contributed by atoms with Crippen molar-refractivity contribution in [1.82, 2.24) is 5.32 Å². The summed E-state index contributed by atoms with van der Waals surface area (Å²) < 4.78 is 0. The molecule has 2 N–H and O–H groups in total. The van der Waals surface area contributed by atoms with Crippen LogP contribution in [0.2, 0.25) is 0 Å². The van der Waals surface area contributed by atoms with Gasteiger partial charge in [0, 0.05) is 6.54 Å². The van der Waals surface area contributed by atoms with Gasteiger partial charge in [0.25, 0.3) is 0 Å². The number of nitrogens with one attached hydrogen (secondary N) is 1. The molecule has 2 nitrogen and oxygen atoms in total. The lowest BCUT2D eigenvalue weighted by Crippen LogP contribution is -2.15. The zero-order valence-electron chi connectivity index (χ0n) is 13.2. The van der Waals surface area contributed by atoms with Crippen LogP contribution >= 0.6 is 0 Å². The Balaban J connectivity index is 2.16. The molecular weight excluding hydrogens is 270 g/mol. The summed E-state index contributed by atoms with van der Waals surface area (Å²) in [7, 11) is 0. The molecule has 1 unspecified atom stereocenters. The van der Waals surface area contributed by atoms with Gasteiger partial charge >= 0.3 is 0 Å². The zero-order chi connectivity index (χ0) is 15.6. The number of unbranched alkanes of at least 4 members (excludes halogenated alkanes) is 1. The molecule has 0 aliphatic rings. The third kappa shape index (κ3) is 4.83. The molecule has 22 heavy (non-hydrogen) atoms. The fourth-order valence-corrected chi connectivity index (χ4v) is 2.42. The van der Waals surface area contributed by atoms with Crippen molar-refractivity contribution in [3.05, 3.63) is 77.9 Å². The maximum atomic E-state index is 10.7. The van der Waals surface area contributed by atoms with Crippen molar-refractivity contribution < 1.29 is 5.11 Å². The van der Waals surface area contributed by atoms with Crippen molar-refractivity contribution in [1.29, 1.82) is 0 Å². The maximum Gasteiger partial charge on any atom is 0.104 e. The molecule has 0 aromatic heterocycles. The van der Waals surface area contributed by atoms with Gasteiger partial charge in [-0.2, -0.15) is 0 Å². The number of aliphatic hydroxyl groups excluding tert-OH is 1. The van der Waals surface area contributed by atoms with Gasteiger partial charge in [-0.1, -0.05) is 80.1 Å². The van der Waals surface area contributed by atoms with Crippen LogP contribution in [0.15, 0.2) is 66.7 Å². The Morgan fingerprint density at radius 3 is 2.32 bits per heavy atom. The van der Waals surface area contributed by atoms with Crippen molar-refractivity contribution in [2.24, 2.45) is 0 Å². The number of benzene rings is 2. The first-order valence-electron chi connectivity index (χ1n) is 8.02. The van der Waals surface area contributed by atoms with Crippen LogP contribution in [-0.4, -0.2) is 18.2 Å². The molecule has 2 rings (SSSR count). The SMILES string of the molecule is CCCCNC/C=C(\c1ccccc1)C(O)c1ccccc1. The van der Waals surface area contributed by atoms with Gasteiger partial charge in [-0.05, 0) is 29.7 Å². The molecule has 116 valence electrons. The van der Waals surface area contributed by atoms with Crippen molar-refractivity contribution in [2.45, 2.75) is 25.9 Å². The van der Waals surface area contributed by atoms with Crippen LogP contribution in [0.5, 0.6) is 0 Å². The summed E-state index contributed by atoms with van der Waals surface area (Å²) in [6.45, 7) is 3.97. The summed E-state index contributed by atoms with van der Waals surface area (Å²) in [5.41, 5.74) is 2.94. The largest absolute Gasteiger partial charge is 0.384 e. The summed E-state index contributed by atoms with van der Waals surface area (Å²) in [6.07, 6.45) is 3.87. The predicted octanol–water partition coefficient (Wildman–Crippen LogP) is 4.19. The summed E-state index contributed by atoms with van der Waals surface area (Å²) >= 11 is 0. The fraction of sp³-hybridized carbons (Fsp3) is 0.300. The van der Waals surface area contributed by atoms with Gasteiger partial charge in [0.15, 0.2) is 0 Å². The van der Waals surface area contributed by atoms with Crippen molar-refractivity contribution >= 4 is 5.57 Å². The van der Waals surface area contributed by atoms with Crippen LogP contribution < -0.4 is 5.32 Å². The second kappa shape index (κ2) is 9.19. The lowest BCUT2D eigenvalue weighted by molar-refractivity contribution is 0.238. The summed E-state index contributed by atoms with van der Waals surface area (Å²) in [4.78, 5) is 0. The minimum Gasteiger partial charge on any atom is -0.384 e. The molecule has 0 heterocycles. The first kappa shape index (κ1) is 16.5. The second-order valence-electron chi connectivity index (χ2n) is 5.40. The van der Waals surface area contributed by atoms with Crippen LogP contribution in [-0.2, 0) is 0 Å². The van der Waals surface area contributed by atoms with E-state index in [1.165, 1.54) is 12.8 Å². The normalized spacial score (nSPS) is 13.1. The minimum absolute atomic E-state index is 0.600. The molecule has 0 radical (unpaired) electrons. The van der Waals surface area contributed by atoms with Gasteiger partial charge in [0.2, 0.25) is 0 Å². The molecule has 0 fully saturated rings. The lowest BCUT2D eigenvalue weighted by Gasteiger charge is -2.16. The van der Waals surface area contributed by atoms with Crippen molar-refractivity contribution in [3.8, 4) is 0 Å². The predicted molar refractivity (Wildman–Crippen MR) is 93.6 cm³/mol. The summed E-state index contributed by atoms with van der Waals surface area (Å²) in [6, 6.07) is 19.9. The standard InChI is InChI=1S/C20H25NO/c1-2-3-15-21-16-14-19(17-10-6-4-7-11-17)20(22)18-12-8-5-9-13-18/h4-14,20-22H,2-3,15-16H2,1H3/b19-14+. The molecule has 1 atom stereocenters. The van der Waals surface area contributed by atoms with Gasteiger partial charge in [-0.15, -0.1) is 0 Å². The zero-order valence-corrected chi connectivity index (χ0v) is 13.2. The maximum absolute atomic E-state index is 10.7. The Morgan fingerprint density at radius 2 is 1.68 bits per heavy atom. The van der Waals surface area contributed by atoms with Gasteiger partial charge in [-0.25, -0.2) is 0 Å². The van der Waals surface area contributed by atoms with Crippen LogP contribution in [0.3, 0.4) is 0 Å². The van der Waals surface area contributed by atoms with E-state index in [1.54, 1.807) is 0 Å². The molecule has 0 aliphatic heterocycles. The molecule has 2 aromatic rings. The van der Waals surface area contributed by atoms with E-state index in [0.717, 1.165) is 29.8 Å². The highest BCUT2D eigenvalue weighted by Gasteiger charge is 2.14. The Bertz CT molecular complexity index is 563. The average molecular weight is 295 g/mol. The van der Waals surface area contributed by atoms with Crippen LogP contribution in [0.25, 0.3) is 5.57 Å². The molecule has 0 saturated carbocycles. The van der Waals surface area contributed by atoms with Gasteiger partial charge in [-0.3, -0.25) is 0 Å². The van der Waals surface area contributed by atoms with Gasteiger partial charge in [0.1, 0.15) is 6.10 Å². The van der Waals surface area contributed by atoms with E-state index in [4.69, 9.17) is 0 Å². The molecule has 0 saturated heterocycles.